The van der Waals surface area contributed by atoms with Crippen molar-refractivity contribution >= 4 is 5.97 Å². The topological polar surface area (TPSA) is 80.3 Å². The summed E-state index contributed by atoms with van der Waals surface area (Å²) in [5, 5.41) is 16.1. The number of furan rings is 1. The van der Waals surface area contributed by atoms with Crippen LogP contribution >= 0.6 is 0 Å². The summed E-state index contributed by atoms with van der Waals surface area (Å²) in [6.07, 6.45) is 1.73. The molecule has 2 rings (SSSR count). The van der Waals surface area contributed by atoms with E-state index in [4.69, 9.17) is 9.52 Å². The summed E-state index contributed by atoms with van der Waals surface area (Å²) in [6.45, 7) is 2.56. The maximum absolute atomic E-state index is 10.7. The van der Waals surface area contributed by atoms with E-state index in [1.165, 1.54) is 6.07 Å². The first-order valence-corrected chi connectivity index (χ1v) is 5.61. The Bertz CT molecular complexity index is 544. The number of rotatable bonds is 5. The van der Waals surface area contributed by atoms with Crippen LogP contribution in [-0.2, 0) is 13.6 Å². The molecule has 0 saturated heterocycles. The standard InChI is InChI=1S/C12H15N3O3/c1-8(10-3-4-11(18-10)12(16)17)13-7-9-5-6-14-15(9)2/h3-6,8,13H,7H2,1-2H3,(H,16,17). The number of hydrogen-bond donors (Lipinski definition) is 2. The average molecular weight is 249 g/mol. The van der Waals surface area contributed by atoms with Crippen LogP contribution in [0, 0.1) is 0 Å². The summed E-state index contributed by atoms with van der Waals surface area (Å²) >= 11 is 0. The number of carboxylic acid groups (broad SMARTS) is 1. The van der Waals surface area contributed by atoms with Gasteiger partial charge in [-0.3, -0.25) is 4.68 Å². The molecular weight excluding hydrogens is 234 g/mol. The molecule has 2 N–H and O–H groups in total. The average Bonchev–Trinajstić information content (AvgIpc) is 2.94. The highest BCUT2D eigenvalue weighted by Gasteiger charge is 2.14. The Balaban J connectivity index is 1.97. The number of aromatic carboxylic acids is 1. The predicted molar refractivity (Wildman–Crippen MR) is 64.1 cm³/mol. The van der Waals surface area contributed by atoms with Gasteiger partial charge in [0.1, 0.15) is 5.76 Å². The van der Waals surface area contributed by atoms with E-state index >= 15 is 0 Å². The molecule has 18 heavy (non-hydrogen) atoms. The molecule has 0 amide bonds. The molecule has 0 aliphatic rings. The second kappa shape index (κ2) is 5.05. The Morgan fingerprint density at radius 3 is 2.89 bits per heavy atom. The van der Waals surface area contributed by atoms with Crippen LogP contribution in [0.25, 0.3) is 0 Å². The number of carboxylic acids is 1. The van der Waals surface area contributed by atoms with Crippen LogP contribution in [0.4, 0.5) is 0 Å². The molecular formula is C12H15N3O3. The third-order valence-corrected chi connectivity index (χ3v) is 2.78. The van der Waals surface area contributed by atoms with Crippen molar-refractivity contribution in [3.63, 3.8) is 0 Å². The van der Waals surface area contributed by atoms with E-state index in [0.29, 0.717) is 12.3 Å². The zero-order chi connectivity index (χ0) is 13.1. The van der Waals surface area contributed by atoms with Gasteiger partial charge in [-0.15, -0.1) is 0 Å². The van der Waals surface area contributed by atoms with Crippen LogP contribution in [0.1, 0.15) is 35.0 Å². The fourth-order valence-corrected chi connectivity index (χ4v) is 1.63. The number of aryl methyl sites for hydroxylation is 1. The second-order valence-electron chi connectivity index (χ2n) is 4.06. The largest absolute Gasteiger partial charge is 0.475 e. The van der Waals surface area contributed by atoms with Gasteiger partial charge >= 0.3 is 5.97 Å². The van der Waals surface area contributed by atoms with Gasteiger partial charge in [0, 0.05) is 19.8 Å². The van der Waals surface area contributed by atoms with Crippen molar-refractivity contribution in [1.82, 2.24) is 15.1 Å². The summed E-state index contributed by atoms with van der Waals surface area (Å²) in [7, 11) is 1.87. The molecule has 96 valence electrons. The van der Waals surface area contributed by atoms with E-state index in [2.05, 4.69) is 10.4 Å². The fourth-order valence-electron chi connectivity index (χ4n) is 1.63. The third-order valence-electron chi connectivity index (χ3n) is 2.78. The molecule has 0 aromatic carbocycles. The first-order valence-electron chi connectivity index (χ1n) is 5.61. The molecule has 2 aromatic rings. The van der Waals surface area contributed by atoms with Gasteiger partial charge in [-0.1, -0.05) is 0 Å². The van der Waals surface area contributed by atoms with Crippen molar-refractivity contribution in [1.29, 1.82) is 0 Å². The lowest BCUT2D eigenvalue weighted by molar-refractivity contribution is 0.0659. The maximum Gasteiger partial charge on any atom is 0.371 e. The molecule has 6 nitrogen and oxygen atoms in total. The van der Waals surface area contributed by atoms with Crippen LogP contribution in [0.2, 0.25) is 0 Å². The number of nitrogens with zero attached hydrogens (tertiary/aromatic N) is 2. The number of hydrogen-bond acceptors (Lipinski definition) is 4. The van der Waals surface area contributed by atoms with Gasteiger partial charge in [-0.05, 0) is 25.1 Å². The fraction of sp³-hybridized carbons (Fsp3) is 0.333. The smallest absolute Gasteiger partial charge is 0.371 e. The van der Waals surface area contributed by atoms with Crippen LogP contribution in [0.15, 0.2) is 28.8 Å². The minimum Gasteiger partial charge on any atom is -0.475 e. The highest BCUT2D eigenvalue weighted by atomic mass is 16.4. The molecule has 0 bridgehead atoms. The van der Waals surface area contributed by atoms with Crippen LogP contribution in [-0.4, -0.2) is 20.9 Å². The first-order chi connectivity index (χ1) is 8.58. The van der Waals surface area contributed by atoms with E-state index in [-0.39, 0.29) is 11.8 Å². The minimum absolute atomic E-state index is 0.0424. The summed E-state index contributed by atoms with van der Waals surface area (Å²) in [6, 6.07) is 4.99. The molecule has 0 aliphatic carbocycles. The van der Waals surface area contributed by atoms with Gasteiger partial charge in [0.25, 0.3) is 0 Å². The number of nitrogens with one attached hydrogen (secondary N) is 1. The molecule has 0 radical (unpaired) electrons. The lowest BCUT2D eigenvalue weighted by Crippen LogP contribution is -2.19. The van der Waals surface area contributed by atoms with Gasteiger partial charge < -0.3 is 14.8 Å². The van der Waals surface area contributed by atoms with E-state index in [0.717, 1.165) is 5.69 Å². The number of aromatic nitrogens is 2. The first kappa shape index (κ1) is 12.4. The van der Waals surface area contributed by atoms with E-state index < -0.39 is 5.97 Å². The summed E-state index contributed by atoms with van der Waals surface area (Å²) in [5.41, 5.74) is 1.05. The van der Waals surface area contributed by atoms with Crippen molar-refractivity contribution in [3.8, 4) is 0 Å². The maximum atomic E-state index is 10.7. The van der Waals surface area contributed by atoms with Gasteiger partial charge in [0.2, 0.25) is 5.76 Å². The monoisotopic (exact) mass is 249 g/mol. The number of carbonyl (C=O) groups is 1. The predicted octanol–water partition coefficient (Wildman–Crippen LogP) is 1.56. The summed E-state index contributed by atoms with van der Waals surface area (Å²) in [5.74, 6) is -0.492. The zero-order valence-corrected chi connectivity index (χ0v) is 10.3. The highest BCUT2D eigenvalue weighted by Crippen LogP contribution is 2.16. The normalized spacial score (nSPS) is 12.6. The molecule has 1 unspecified atom stereocenters. The molecule has 6 heteroatoms. The van der Waals surface area contributed by atoms with Crippen molar-refractivity contribution < 1.29 is 14.3 Å². The van der Waals surface area contributed by atoms with Crippen LogP contribution in [0.5, 0.6) is 0 Å². The van der Waals surface area contributed by atoms with Crippen molar-refractivity contribution in [2.24, 2.45) is 7.05 Å². The molecule has 0 fully saturated rings. The molecule has 0 spiro atoms. The van der Waals surface area contributed by atoms with Crippen molar-refractivity contribution in [2.45, 2.75) is 19.5 Å². The second-order valence-corrected chi connectivity index (χ2v) is 4.06. The molecule has 0 aliphatic heterocycles. The SMILES string of the molecule is CC(NCc1ccnn1C)c1ccc(C(=O)O)o1. The Hall–Kier alpha value is -2.08. The van der Waals surface area contributed by atoms with E-state index in [1.807, 2.05) is 20.0 Å². The quantitative estimate of drug-likeness (QED) is 0.840. The highest BCUT2D eigenvalue weighted by molar-refractivity contribution is 5.84. The van der Waals surface area contributed by atoms with Gasteiger partial charge in [-0.2, -0.15) is 5.10 Å². The van der Waals surface area contributed by atoms with E-state index in [1.54, 1.807) is 16.9 Å². The Labute approximate surface area is 104 Å². The Morgan fingerprint density at radius 1 is 1.56 bits per heavy atom. The minimum atomic E-state index is -1.06. The Kier molecular flexibility index (Phi) is 3.47. The van der Waals surface area contributed by atoms with Crippen LogP contribution < -0.4 is 5.32 Å². The van der Waals surface area contributed by atoms with E-state index in [9.17, 15) is 4.79 Å². The molecule has 2 aromatic heterocycles. The molecule has 0 saturated carbocycles. The molecule has 2 heterocycles. The van der Waals surface area contributed by atoms with Crippen LogP contribution in [0.3, 0.4) is 0 Å². The van der Waals surface area contributed by atoms with Gasteiger partial charge in [0.05, 0.1) is 11.7 Å². The third kappa shape index (κ3) is 2.60. The Morgan fingerprint density at radius 2 is 2.33 bits per heavy atom. The van der Waals surface area contributed by atoms with Gasteiger partial charge in [-0.25, -0.2) is 4.79 Å². The summed E-state index contributed by atoms with van der Waals surface area (Å²) < 4.78 is 7.00. The zero-order valence-electron chi connectivity index (χ0n) is 10.3. The van der Waals surface area contributed by atoms with Crippen molar-refractivity contribution in [2.75, 3.05) is 0 Å². The lowest BCUT2D eigenvalue weighted by atomic mass is 10.2. The summed E-state index contributed by atoms with van der Waals surface area (Å²) in [4.78, 5) is 10.7. The van der Waals surface area contributed by atoms with Crippen molar-refractivity contribution in [3.05, 3.63) is 41.6 Å². The lowest BCUT2D eigenvalue weighted by Gasteiger charge is -2.11. The molecule has 1 atom stereocenters. The van der Waals surface area contributed by atoms with Gasteiger partial charge in [0.15, 0.2) is 0 Å².